The van der Waals surface area contributed by atoms with Crippen molar-refractivity contribution < 1.29 is 16.7 Å². The smallest absolute Gasteiger partial charge is 0.334 e. The fraction of sp³-hybridized carbons (Fsp3) is 0. The van der Waals surface area contributed by atoms with Gasteiger partial charge in [0.05, 0.1) is 0 Å². The lowest BCUT2D eigenvalue weighted by molar-refractivity contribution is 0.526. The molecular formula is C2F2N3O2S-. The van der Waals surface area contributed by atoms with E-state index in [4.69, 9.17) is 0 Å². The molecule has 1 rings (SSSR count). The largest absolute Gasteiger partial charge is 0.337 e. The molecule has 1 aromatic heterocycles. The third-order valence-electron chi connectivity index (χ3n) is 0.624. The predicted octanol–water partition coefficient (Wildman–Crippen LogP) is -0.769. The molecule has 0 aliphatic heterocycles. The highest BCUT2D eigenvalue weighted by atomic mass is 32.3. The van der Waals surface area contributed by atoms with Crippen LogP contribution < -0.4 is 4.98 Å². The molecule has 8 heteroatoms. The van der Waals surface area contributed by atoms with Crippen LogP contribution in [0.2, 0.25) is 0 Å². The highest BCUT2D eigenvalue weighted by Gasteiger charge is 2.09. The molecule has 0 radical (unpaired) electrons. The van der Waals surface area contributed by atoms with E-state index < -0.39 is 21.5 Å². The van der Waals surface area contributed by atoms with Crippen molar-refractivity contribution in [2.75, 3.05) is 0 Å². The van der Waals surface area contributed by atoms with Crippen LogP contribution in [0.5, 0.6) is 0 Å². The van der Waals surface area contributed by atoms with Crippen molar-refractivity contribution in [1.82, 2.24) is 15.2 Å². The van der Waals surface area contributed by atoms with Crippen LogP contribution >= 0.6 is 0 Å². The highest BCUT2D eigenvalue weighted by molar-refractivity contribution is 7.86. The summed E-state index contributed by atoms with van der Waals surface area (Å²) in [6.45, 7) is 0. The summed E-state index contributed by atoms with van der Waals surface area (Å²) in [4.78, 5) is 2.53. The predicted molar refractivity (Wildman–Crippen MR) is 23.6 cm³/mol. The summed E-state index contributed by atoms with van der Waals surface area (Å²) in [5.74, 6) is 0. The Morgan fingerprint density at radius 2 is 2.00 bits per heavy atom. The van der Waals surface area contributed by atoms with Crippen molar-refractivity contribution in [3.63, 3.8) is 0 Å². The summed E-state index contributed by atoms with van der Waals surface area (Å²) in [6, 6.07) is 0. The minimum absolute atomic E-state index is 1.25. The zero-order chi connectivity index (χ0) is 7.78. The lowest BCUT2D eigenvalue weighted by Crippen LogP contribution is -1.96. The van der Waals surface area contributed by atoms with Gasteiger partial charge >= 0.3 is 10.2 Å². The molecule has 0 bridgehead atoms. The second-order valence-electron chi connectivity index (χ2n) is 1.30. The fourth-order valence-corrected chi connectivity index (χ4v) is 0.634. The van der Waals surface area contributed by atoms with Gasteiger partial charge in [-0.25, -0.2) is 0 Å². The molecule has 0 amide bonds. The molecule has 1 heterocycles. The molecule has 56 valence electrons. The Morgan fingerprint density at radius 3 is 2.20 bits per heavy atom. The first-order valence-corrected chi connectivity index (χ1v) is 3.36. The molecule has 0 N–H and O–H groups in total. The normalized spacial score (nSPS) is 11.8. The molecule has 0 aliphatic rings. The zero-order valence-corrected chi connectivity index (χ0v) is 5.14. The van der Waals surface area contributed by atoms with E-state index in [1.54, 1.807) is 0 Å². The number of hydrogen-bond acceptors (Lipinski definition) is 4. The Balaban J connectivity index is 3.21. The first-order chi connectivity index (χ1) is 4.50. The van der Waals surface area contributed by atoms with Crippen LogP contribution in [0.4, 0.5) is 8.28 Å². The van der Waals surface area contributed by atoms with Gasteiger partial charge in [0.25, 0.3) is 0 Å². The maximum absolute atomic E-state index is 11.8. The zero-order valence-electron chi connectivity index (χ0n) is 4.32. The van der Waals surface area contributed by atoms with Crippen LogP contribution in [-0.2, 0) is 10.2 Å². The molecule has 0 aliphatic carbocycles. The molecular weight excluding hydrogens is 168 g/mol. The second kappa shape index (κ2) is 1.97. The maximum atomic E-state index is 11.8. The molecule has 0 saturated heterocycles. The van der Waals surface area contributed by atoms with Crippen LogP contribution in [-0.4, -0.2) is 18.6 Å². The summed E-state index contributed by atoms with van der Waals surface area (Å²) in [5.41, 5.74) is 0. The van der Waals surface area contributed by atoms with Gasteiger partial charge in [-0.05, 0) is 0 Å². The van der Waals surface area contributed by atoms with E-state index in [2.05, 4.69) is 15.2 Å². The van der Waals surface area contributed by atoms with E-state index in [0.717, 1.165) is 0 Å². The topological polar surface area (TPSA) is 74.0 Å². The molecule has 1 aromatic rings. The van der Waals surface area contributed by atoms with E-state index in [-0.39, 0.29) is 0 Å². The average Bonchev–Trinajstić information content (AvgIpc) is 2.11. The van der Waals surface area contributed by atoms with Gasteiger partial charge in [-0.1, -0.05) is 3.89 Å². The first kappa shape index (κ1) is 7.06. The Bertz CT molecular complexity index is 330. The molecule has 0 aromatic carbocycles. The summed E-state index contributed by atoms with van der Waals surface area (Å²) in [5, 5.41) is 3.88. The van der Waals surface area contributed by atoms with E-state index in [1.165, 1.54) is 0 Å². The number of rotatable bonds is 1. The Hall–Kier alpha value is -1.05. The van der Waals surface area contributed by atoms with Gasteiger partial charge in [-0.2, -0.15) is 12.8 Å². The minimum Gasteiger partial charge on any atom is -0.334 e. The van der Waals surface area contributed by atoms with E-state index >= 15 is 0 Å². The first-order valence-electron chi connectivity index (χ1n) is 1.98. The molecule has 0 spiro atoms. The second-order valence-corrected chi connectivity index (χ2v) is 2.54. The van der Waals surface area contributed by atoms with Crippen molar-refractivity contribution in [3.8, 4) is 0 Å². The summed E-state index contributed by atoms with van der Waals surface area (Å²) >= 11 is 0. The van der Waals surface area contributed by atoms with E-state index in [1.807, 2.05) is 0 Å². The van der Waals surface area contributed by atoms with Gasteiger partial charge < -0.3 is 15.2 Å². The van der Waals surface area contributed by atoms with Crippen molar-refractivity contribution >= 4 is 10.2 Å². The van der Waals surface area contributed by atoms with Gasteiger partial charge in [-0.3, -0.25) is 0 Å². The summed E-state index contributed by atoms with van der Waals surface area (Å²) in [7, 11) is -5.01. The maximum Gasteiger partial charge on any atom is 0.337 e. The van der Waals surface area contributed by atoms with Gasteiger partial charge in [-0.15, -0.1) is 0 Å². The van der Waals surface area contributed by atoms with Crippen LogP contribution in [0.25, 0.3) is 0 Å². The Labute approximate surface area is 54.3 Å². The quantitative estimate of drug-likeness (QED) is 0.515. The minimum atomic E-state index is -5.01. The van der Waals surface area contributed by atoms with Crippen molar-refractivity contribution in [2.24, 2.45) is 0 Å². The molecule has 10 heavy (non-hydrogen) atoms. The third-order valence-corrected chi connectivity index (χ3v) is 1.23. The van der Waals surface area contributed by atoms with Gasteiger partial charge in [0.1, 0.15) is 5.16 Å². The van der Waals surface area contributed by atoms with Crippen LogP contribution in [0, 0.1) is 6.08 Å². The standard InChI is InChI=1S/C2F2N3O2S/c3-1-5-2(7-6-1)10(4,8)9/q-1. The molecule has 0 fully saturated rings. The lowest BCUT2D eigenvalue weighted by atomic mass is 11.2. The van der Waals surface area contributed by atoms with E-state index in [9.17, 15) is 16.7 Å². The monoisotopic (exact) mass is 168 g/mol. The third kappa shape index (κ3) is 1.26. The van der Waals surface area contributed by atoms with Crippen LogP contribution in [0.15, 0.2) is 5.16 Å². The lowest BCUT2D eigenvalue weighted by Gasteiger charge is -1.87. The number of aromatic nitrogens is 3. The van der Waals surface area contributed by atoms with Crippen LogP contribution in [0.3, 0.4) is 0 Å². The fourth-order valence-electron chi connectivity index (χ4n) is 0.311. The van der Waals surface area contributed by atoms with Crippen LogP contribution in [0.1, 0.15) is 0 Å². The SMILES string of the molecule is O=S(=O)(F)c1nnc(F)[n-]1. The molecule has 0 atom stereocenters. The molecule has 0 unspecified atom stereocenters. The Kier molecular flexibility index (Phi) is 1.39. The number of hydrogen-bond donors (Lipinski definition) is 0. The van der Waals surface area contributed by atoms with Gasteiger partial charge in [0, 0.05) is 0 Å². The van der Waals surface area contributed by atoms with E-state index in [0.29, 0.717) is 0 Å². The average molecular weight is 168 g/mol. The Morgan fingerprint density at radius 1 is 1.40 bits per heavy atom. The molecule has 0 saturated carbocycles. The van der Waals surface area contributed by atoms with Gasteiger partial charge in [0.15, 0.2) is 6.08 Å². The number of halogens is 2. The summed E-state index contributed by atoms with van der Waals surface area (Å²) in [6.07, 6.45) is -1.36. The van der Waals surface area contributed by atoms with Gasteiger partial charge in [0.2, 0.25) is 0 Å². The highest BCUT2D eigenvalue weighted by Crippen LogP contribution is 2.02. The summed E-state index contributed by atoms with van der Waals surface area (Å²) < 4.78 is 43.2. The number of nitrogens with zero attached hydrogens (tertiary/aromatic N) is 3. The molecule has 5 nitrogen and oxygen atoms in total. The van der Waals surface area contributed by atoms with Crippen molar-refractivity contribution in [2.45, 2.75) is 5.16 Å². The van der Waals surface area contributed by atoms with Crippen molar-refractivity contribution in [3.05, 3.63) is 6.08 Å². The van der Waals surface area contributed by atoms with Crippen molar-refractivity contribution in [1.29, 1.82) is 0 Å².